The molecule has 0 bridgehead atoms. The Kier molecular flexibility index (Phi) is 2.42. The van der Waals surface area contributed by atoms with Crippen LogP contribution >= 0.6 is 15.9 Å². The topological polar surface area (TPSA) is 13.6 Å². The summed E-state index contributed by atoms with van der Waals surface area (Å²) in [5.74, 6) is -0.106. The smallest absolute Gasteiger partial charge is 0.263 e. The first kappa shape index (κ1) is 9.47. The van der Waals surface area contributed by atoms with E-state index in [1.807, 2.05) is 0 Å². The summed E-state index contributed by atoms with van der Waals surface area (Å²) in [4.78, 5) is 3.15. The Bertz CT molecular complexity index is 425. The van der Waals surface area contributed by atoms with Gasteiger partial charge < -0.3 is 4.74 Å². The predicted molar refractivity (Wildman–Crippen MR) is 54.2 cm³/mol. The molecule has 1 aromatic carbocycles. The summed E-state index contributed by atoms with van der Waals surface area (Å²) in [6, 6.07) is 1.33. The average molecular weight is 256 g/mol. The molecule has 0 saturated heterocycles. The van der Waals surface area contributed by atoms with Gasteiger partial charge in [-0.05, 0) is 24.5 Å². The van der Waals surface area contributed by atoms with Gasteiger partial charge in [0.1, 0.15) is 11.6 Å². The standard InChI is InChI=1S/C10H7BrFNO/c1-13-9-8(12)5-7(11)6-3-2-4-14-10(6)9/h5H,2-4H2. The van der Waals surface area contributed by atoms with Gasteiger partial charge in [0, 0.05) is 4.47 Å². The van der Waals surface area contributed by atoms with Gasteiger partial charge in [-0.1, -0.05) is 15.9 Å². The quantitative estimate of drug-likeness (QED) is 0.648. The third kappa shape index (κ3) is 1.38. The Morgan fingerprint density at radius 3 is 3.07 bits per heavy atom. The molecule has 72 valence electrons. The molecule has 0 atom stereocenters. The lowest BCUT2D eigenvalue weighted by Crippen LogP contribution is -2.09. The molecule has 0 N–H and O–H groups in total. The molecule has 0 aliphatic carbocycles. The van der Waals surface area contributed by atoms with E-state index in [0.29, 0.717) is 16.8 Å². The highest BCUT2D eigenvalue weighted by atomic mass is 79.9. The molecule has 1 aliphatic heterocycles. The second kappa shape index (κ2) is 3.58. The van der Waals surface area contributed by atoms with E-state index in [0.717, 1.165) is 18.4 Å². The van der Waals surface area contributed by atoms with E-state index in [1.165, 1.54) is 6.07 Å². The third-order valence-electron chi connectivity index (χ3n) is 2.19. The van der Waals surface area contributed by atoms with Crippen LogP contribution < -0.4 is 4.74 Å². The first-order valence-corrected chi connectivity index (χ1v) is 5.04. The zero-order chi connectivity index (χ0) is 10.1. The highest BCUT2D eigenvalue weighted by Crippen LogP contribution is 2.41. The van der Waals surface area contributed by atoms with Crippen LogP contribution in [0.1, 0.15) is 12.0 Å². The van der Waals surface area contributed by atoms with E-state index >= 15 is 0 Å². The Labute approximate surface area is 89.6 Å². The second-order valence-electron chi connectivity index (χ2n) is 3.06. The Balaban J connectivity index is 2.69. The number of hydrogen-bond acceptors (Lipinski definition) is 1. The summed E-state index contributed by atoms with van der Waals surface area (Å²) in [7, 11) is 0. The van der Waals surface area contributed by atoms with Crippen molar-refractivity contribution in [3.63, 3.8) is 0 Å². The van der Waals surface area contributed by atoms with Crippen molar-refractivity contribution < 1.29 is 9.13 Å². The lowest BCUT2D eigenvalue weighted by molar-refractivity contribution is 0.288. The minimum atomic E-state index is -0.521. The zero-order valence-corrected chi connectivity index (χ0v) is 8.90. The van der Waals surface area contributed by atoms with Crippen molar-refractivity contribution in [2.24, 2.45) is 0 Å². The summed E-state index contributed by atoms with van der Waals surface area (Å²) in [6.45, 7) is 7.45. The third-order valence-corrected chi connectivity index (χ3v) is 2.89. The van der Waals surface area contributed by atoms with Crippen LogP contribution in [0.15, 0.2) is 10.5 Å². The highest BCUT2D eigenvalue weighted by Gasteiger charge is 2.21. The molecule has 2 nitrogen and oxygen atoms in total. The largest absolute Gasteiger partial charge is 0.504 e. The summed E-state index contributed by atoms with van der Waals surface area (Å²) in [5, 5.41) is 0. The Morgan fingerprint density at radius 2 is 2.36 bits per heavy atom. The molecular weight excluding hydrogens is 249 g/mol. The lowest BCUT2D eigenvalue weighted by Gasteiger charge is -2.20. The monoisotopic (exact) mass is 255 g/mol. The van der Waals surface area contributed by atoms with Crippen LogP contribution in [0.2, 0.25) is 0 Å². The van der Waals surface area contributed by atoms with E-state index in [4.69, 9.17) is 11.3 Å². The van der Waals surface area contributed by atoms with Crippen LogP contribution in [0.5, 0.6) is 5.75 Å². The van der Waals surface area contributed by atoms with Crippen molar-refractivity contribution in [3.05, 3.63) is 33.3 Å². The molecule has 1 aliphatic rings. The molecule has 0 amide bonds. The van der Waals surface area contributed by atoms with Gasteiger partial charge in [0.25, 0.3) is 5.69 Å². The SMILES string of the molecule is [C-]#[N+]c1c(F)cc(Br)c2c1OCCC2. The summed E-state index contributed by atoms with van der Waals surface area (Å²) >= 11 is 3.27. The van der Waals surface area contributed by atoms with Crippen molar-refractivity contribution in [1.82, 2.24) is 0 Å². The van der Waals surface area contributed by atoms with Crippen molar-refractivity contribution in [1.29, 1.82) is 0 Å². The highest BCUT2D eigenvalue weighted by molar-refractivity contribution is 9.10. The maximum absolute atomic E-state index is 13.3. The zero-order valence-electron chi connectivity index (χ0n) is 7.31. The number of nitrogens with zero attached hydrogens (tertiary/aromatic N) is 1. The molecular formula is C10H7BrFNO. The normalized spacial score (nSPS) is 14.1. The van der Waals surface area contributed by atoms with Gasteiger partial charge >= 0.3 is 0 Å². The van der Waals surface area contributed by atoms with Crippen LogP contribution in [-0.4, -0.2) is 6.61 Å². The second-order valence-corrected chi connectivity index (χ2v) is 3.91. The van der Waals surface area contributed by atoms with Gasteiger partial charge in [-0.2, -0.15) is 0 Å². The van der Waals surface area contributed by atoms with Crippen LogP contribution in [0.3, 0.4) is 0 Å². The van der Waals surface area contributed by atoms with E-state index in [1.54, 1.807) is 0 Å². The van der Waals surface area contributed by atoms with Crippen LogP contribution in [0.25, 0.3) is 4.85 Å². The minimum absolute atomic E-state index is 0.00269. The van der Waals surface area contributed by atoms with Gasteiger partial charge in [-0.15, -0.1) is 0 Å². The summed E-state index contributed by atoms with van der Waals surface area (Å²) in [6.07, 6.45) is 1.74. The van der Waals surface area contributed by atoms with Crippen molar-refractivity contribution in [2.45, 2.75) is 12.8 Å². The minimum Gasteiger partial charge on any atom is -0.504 e. The first-order valence-electron chi connectivity index (χ1n) is 4.25. The molecule has 1 heterocycles. The molecule has 0 spiro atoms. The van der Waals surface area contributed by atoms with Crippen LogP contribution in [0.4, 0.5) is 10.1 Å². The Hall–Kier alpha value is -1.08. The van der Waals surface area contributed by atoms with E-state index in [2.05, 4.69) is 20.8 Å². The number of fused-ring (bicyclic) bond motifs is 1. The van der Waals surface area contributed by atoms with Gasteiger partial charge in [0.05, 0.1) is 13.2 Å². The maximum atomic E-state index is 13.3. The number of rotatable bonds is 0. The van der Waals surface area contributed by atoms with Gasteiger partial charge in [-0.25, -0.2) is 9.24 Å². The fraction of sp³-hybridized carbons (Fsp3) is 0.300. The molecule has 0 unspecified atom stereocenters. The van der Waals surface area contributed by atoms with Crippen molar-refractivity contribution in [2.75, 3.05) is 6.61 Å². The molecule has 1 aromatic rings. The molecule has 4 heteroatoms. The Morgan fingerprint density at radius 1 is 1.57 bits per heavy atom. The van der Waals surface area contributed by atoms with Crippen LogP contribution in [-0.2, 0) is 6.42 Å². The lowest BCUT2D eigenvalue weighted by atomic mass is 10.1. The molecule has 0 radical (unpaired) electrons. The van der Waals surface area contributed by atoms with E-state index in [-0.39, 0.29) is 5.69 Å². The average Bonchev–Trinajstić information content (AvgIpc) is 2.18. The molecule has 0 aromatic heterocycles. The molecule has 2 rings (SSSR count). The van der Waals surface area contributed by atoms with Gasteiger partial charge in [-0.3, -0.25) is 0 Å². The number of benzene rings is 1. The number of halogens is 2. The fourth-order valence-corrected chi connectivity index (χ4v) is 2.12. The molecule has 0 saturated carbocycles. The van der Waals surface area contributed by atoms with Gasteiger partial charge in [0.15, 0.2) is 0 Å². The fourth-order valence-electron chi connectivity index (χ4n) is 1.54. The predicted octanol–water partition coefficient (Wildman–Crippen LogP) is 3.46. The van der Waals surface area contributed by atoms with E-state index in [9.17, 15) is 4.39 Å². The number of hydrogen-bond donors (Lipinski definition) is 0. The van der Waals surface area contributed by atoms with Crippen LogP contribution in [0, 0.1) is 12.4 Å². The summed E-state index contributed by atoms with van der Waals surface area (Å²) in [5.41, 5.74) is 0.909. The van der Waals surface area contributed by atoms with Crippen molar-refractivity contribution >= 4 is 21.6 Å². The maximum Gasteiger partial charge on any atom is 0.263 e. The number of ether oxygens (including phenoxy) is 1. The van der Waals surface area contributed by atoms with E-state index < -0.39 is 5.82 Å². The molecule has 14 heavy (non-hydrogen) atoms. The molecule has 0 fully saturated rings. The first-order chi connectivity index (χ1) is 6.74. The van der Waals surface area contributed by atoms with Crippen molar-refractivity contribution in [3.8, 4) is 5.75 Å². The van der Waals surface area contributed by atoms with Gasteiger partial charge in [0.2, 0.25) is 0 Å². The summed E-state index contributed by atoms with van der Waals surface area (Å²) < 4.78 is 19.3.